The molecule has 0 saturated heterocycles. The first-order chi connectivity index (χ1) is 12.2. The lowest BCUT2D eigenvalue weighted by atomic mass is 10.2. The summed E-state index contributed by atoms with van der Waals surface area (Å²) >= 11 is 0. The number of carboxylic acids is 1. The van der Waals surface area contributed by atoms with Crippen molar-refractivity contribution in [2.75, 3.05) is 6.16 Å². The van der Waals surface area contributed by atoms with Crippen LogP contribution >= 0.6 is 7.60 Å². The molecule has 0 aliphatic rings. The van der Waals surface area contributed by atoms with Crippen molar-refractivity contribution in [2.45, 2.75) is 85.2 Å². The molecule has 0 aromatic rings. The smallest absolute Gasteiger partial charge is 0.408 e. The molecule has 0 aliphatic heterocycles. The number of carbonyl (C=O) groups excluding carboxylic acids is 1. The molecule has 0 aromatic carbocycles. The van der Waals surface area contributed by atoms with E-state index in [0.717, 1.165) is 0 Å². The van der Waals surface area contributed by atoms with Gasteiger partial charge in [-0.15, -0.1) is 0 Å². The highest BCUT2D eigenvalue weighted by atomic mass is 31.2. The minimum atomic E-state index is -3.20. The fraction of sp³-hybridized carbons (Fsp3) is 0.778. The maximum absolute atomic E-state index is 12.7. The summed E-state index contributed by atoms with van der Waals surface area (Å²) in [5, 5.41) is 11.5. The van der Waals surface area contributed by atoms with Crippen LogP contribution in [0, 0.1) is 0 Å². The summed E-state index contributed by atoms with van der Waals surface area (Å²) in [5.74, 6) is -1.20. The van der Waals surface area contributed by atoms with Crippen LogP contribution < -0.4 is 5.32 Å². The minimum Gasteiger partial charge on any atom is -0.479 e. The summed E-state index contributed by atoms with van der Waals surface area (Å²) in [4.78, 5) is 23.0. The van der Waals surface area contributed by atoms with Gasteiger partial charge in [0, 0.05) is 0 Å². The van der Waals surface area contributed by atoms with E-state index in [-0.39, 0.29) is 18.4 Å². The van der Waals surface area contributed by atoms with E-state index in [1.165, 1.54) is 6.08 Å². The second kappa shape index (κ2) is 11.5. The standard InChI is InChI=1S/C18H34NO7P/c1-13(2)25-27(23,26-14(3)4)12-10-8-9-11-15(16(20)21)19-17(22)24-18(5,6)7/h9,11,13-15H,8,10,12H2,1-7H3,(H,19,22)(H,20,21)/t15-/m1/s1. The molecule has 1 atom stereocenters. The molecular weight excluding hydrogens is 373 g/mol. The second-order valence-corrected chi connectivity index (χ2v) is 9.77. The molecule has 0 unspecified atom stereocenters. The molecule has 0 fully saturated rings. The molecule has 0 heterocycles. The third-order valence-electron chi connectivity index (χ3n) is 2.81. The Balaban J connectivity index is 4.63. The molecule has 0 radical (unpaired) electrons. The number of nitrogens with one attached hydrogen (secondary N) is 1. The fourth-order valence-electron chi connectivity index (χ4n) is 2.03. The normalized spacial score (nSPS) is 14.0. The van der Waals surface area contributed by atoms with Crippen molar-refractivity contribution in [3.63, 3.8) is 0 Å². The molecule has 0 aliphatic carbocycles. The Kier molecular flexibility index (Phi) is 10.9. The molecule has 0 saturated carbocycles. The molecule has 8 nitrogen and oxygen atoms in total. The Morgan fingerprint density at radius 1 is 1.11 bits per heavy atom. The Labute approximate surface area is 162 Å². The van der Waals surface area contributed by atoms with Gasteiger partial charge in [0.1, 0.15) is 11.6 Å². The quantitative estimate of drug-likeness (QED) is 0.298. The van der Waals surface area contributed by atoms with Gasteiger partial charge in [0.05, 0.1) is 18.4 Å². The van der Waals surface area contributed by atoms with Gasteiger partial charge in [0.25, 0.3) is 0 Å². The number of allylic oxidation sites excluding steroid dienone is 1. The van der Waals surface area contributed by atoms with Crippen molar-refractivity contribution in [3.8, 4) is 0 Å². The van der Waals surface area contributed by atoms with Gasteiger partial charge in [-0.25, -0.2) is 9.59 Å². The Morgan fingerprint density at radius 3 is 2.04 bits per heavy atom. The molecule has 1 amide bonds. The van der Waals surface area contributed by atoms with E-state index in [1.807, 2.05) is 0 Å². The number of alkyl carbamates (subject to hydrolysis) is 1. The van der Waals surface area contributed by atoms with Crippen LogP contribution in [-0.2, 0) is 23.1 Å². The van der Waals surface area contributed by atoms with E-state index in [1.54, 1.807) is 54.5 Å². The minimum absolute atomic E-state index is 0.223. The van der Waals surface area contributed by atoms with Gasteiger partial charge in [-0.3, -0.25) is 4.57 Å². The highest BCUT2D eigenvalue weighted by Gasteiger charge is 2.27. The number of ether oxygens (including phenoxy) is 1. The van der Waals surface area contributed by atoms with Crippen molar-refractivity contribution in [3.05, 3.63) is 12.2 Å². The van der Waals surface area contributed by atoms with Crippen LogP contribution in [0.1, 0.15) is 61.3 Å². The highest BCUT2D eigenvalue weighted by Crippen LogP contribution is 2.51. The summed E-state index contributed by atoms with van der Waals surface area (Å²) in [6.45, 7) is 12.2. The summed E-state index contributed by atoms with van der Waals surface area (Å²) in [6, 6.07) is -1.20. The zero-order chi connectivity index (χ0) is 21.3. The van der Waals surface area contributed by atoms with Gasteiger partial charge in [0.2, 0.25) is 0 Å². The number of unbranched alkanes of at least 4 members (excludes halogenated alkanes) is 1. The Bertz CT molecular complexity index is 538. The topological polar surface area (TPSA) is 111 Å². The molecule has 2 N–H and O–H groups in total. The van der Waals surface area contributed by atoms with Crippen LogP contribution in [0.25, 0.3) is 0 Å². The molecule has 0 spiro atoms. The maximum atomic E-state index is 12.7. The van der Waals surface area contributed by atoms with E-state index in [2.05, 4.69) is 5.32 Å². The fourth-order valence-corrected chi connectivity index (χ4v) is 4.15. The van der Waals surface area contributed by atoms with E-state index in [0.29, 0.717) is 12.8 Å². The summed E-state index contributed by atoms with van der Waals surface area (Å²) < 4.78 is 28.6. The average molecular weight is 407 g/mol. The number of carbonyl (C=O) groups is 2. The molecule has 0 bridgehead atoms. The van der Waals surface area contributed by atoms with Gasteiger partial charge >= 0.3 is 19.7 Å². The van der Waals surface area contributed by atoms with Crippen LogP contribution in [0.5, 0.6) is 0 Å². The van der Waals surface area contributed by atoms with Crippen LogP contribution in [0.4, 0.5) is 4.79 Å². The summed E-state index contributed by atoms with van der Waals surface area (Å²) in [7, 11) is -3.20. The number of hydrogen-bond acceptors (Lipinski definition) is 6. The molecule has 9 heteroatoms. The van der Waals surface area contributed by atoms with Crippen molar-refractivity contribution in [2.24, 2.45) is 0 Å². The maximum Gasteiger partial charge on any atom is 0.408 e. The van der Waals surface area contributed by atoms with Gasteiger partial charge in [-0.2, -0.15) is 0 Å². The summed E-state index contributed by atoms with van der Waals surface area (Å²) in [6.07, 6.45) is 2.91. The van der Waals surface area contributed by atoms with Gasteiger partial charge in [0.15, 0.2) is 0 Å². The van der Waals surface area contributed by atoms with E-state index in [4.69, 9.17) is 13.8 Å². The molecule has 158 valence electrons. The van der Waals surface area contributed by atoms with Gasteiger partial charge in [-0.1, -0.05) is 12.2 Å². The predicted octanol–water partition coefficient (Wildman–Crippen LogP) is 4.34. The molecule has 0 rings (SSSR count). The molecule has 27 heavy (non-hydrogen) atoms. The number of aliphatic carboxylic acids is 1. The first-order valence-electron chi connectivity index (χ1n) is 9.09. The lowest BCUT2D eigenvalue weighted by molar-refractivity contribution is -0.138. The van der Waals surface area contributed by atoms with E-state index < -0.39 is 31.3 Å². The van der Waals surface area contributed by atoms with Crippen molar-refractivity contribution < 1.29 is 33.0 Å². The first kappa shape index (κ1) is 25.6. The second-order valence-electron chi connectivity index (χ2n) is 7.68. The number of rotatable bonds is 11. The van der Waals surface area contributed by atoms with Crippen LogP contribution in [0.15, 0.2) is 12.2 Å². The predicted molar refractivity (Wildman–Crippen MR) is 104 cm³/mol. The Hall–Kier alpha value is -1.37. The third-order valence-corrected chi connectivity index (χ3v) is 5.16. The van der Waals surface area contributed by atoms with Crippen molar-refractivity contribution in [1.82, 2.24) is 5.32 Å². The van der Waals surface area contributed by atoms with Crippen LogP contribution in [0.3, 0.4) is 0 Å². The zero-order valence-corrected chi connectivity index (χ0v) is 18.2. The average Bonchev–Trinajstić information content (AvgIpc) is 2.41. The number of hydrogen-bond donors (Lipinski definition) is 2. The monoisotopic (exact) mass is 407 g/mol. The third kappa shape index (κ3) is 13.4. The van der Waals surface area contributed by atoms with Crippen molar-refractivity contribution in [1.29, 1.82) is 0 Å². The Morgan fingerprint density at radius 2 is 1.63 bits per heavy atom. The zero-order valence-electron chi connectivity index (χ0n) is 17.4. The summed E-state index contributed by atoms with van der Waals surface area (Å²) in [5.41, 5.74) is -0.717. The molecular formula is C18H34NO7P. The van der Waals surface area contributed by atoms with Gasteiger partial charge < -0.3 is 24.2 Å². The highest BCUT2D eigenvalue weighted by molar-refractivity contribution is 7.53. The van der Waals surface area contributed by atoms with Crippen LogP contribution in [0.2, 0.25) is 0 Å². The lowest BCUT2D eigenvalue weighted by Gasteiger charge is -2.22. The van der Waals surface area contributed by atoms with Crippen molar-refractivity contribution >= 4 is 19.7 Å². The van der Waals surface area contributed by atoms with Crippen LogP contribution in [-0.4, -0.2) is 47.2 Å². The number of amides is 1. The van der Waals surface area contributed by atoms with E-state index in [9.17, 15) is 19.3 Å². The van der Waals surface area contributed by atoms with E-state index >= 15 is 0 Å². The van der Waals surface area contributed by atoms with Gasteiger partial charge in [-0.05, 0) is 61.3 Å². The number of carboxylic acid groups (broad SMARTS) is 1. The first-order valence-corrected chi connectivity index (χ1v) is 10.8. The largest absolute Gasteiger partial charge is 0.479 e. The lowest BCUT2D eigenvalue weighted by Crippen LogP contribution is -2.42. The molecule has 0 aromatic heterocycles. The SMILES string of the molecule is CC(C)OP(=O)(CCCC=C[C@@H](NC(=O)OC(C)(C)C)C(=O)O)OC(C)C.